The highest BCUT2D eigenvalue weighted by Gasteiger charge is 2.03. The quantitative estimate of drug-likeness (QED) is 0.0943. The van der Waals surface area contributed by atoms with Crippen LogP contribution in [0.5, 0.6) is 0 Å². The van der Waals surface area contributed by atoms with Crippen molar-refractivity contribution in [3.05, 3.63) is 0 Å². The Kier molecular flexibility index (Phi) is 29.9. The van der Waals surface area contributed by atoms with Crippen LogP contribution in [0.1, 0.15) is 90.9 Å². The van der Waals surface area contributed by atoms with Crippen LogP contribution in [-0.4, -0.2) is 91.2 Å². The highest BCUT2D eigenvalue weighted by Crippen LogP contribution is 2.07. The number of esters is 2. The molecule has 0 rings (SSSR count). The molecule has 0 aromatic rings. The van der Waals surface area contributed by atoms with Gasteiger partial charge in [0.25, 0.3) is 0 Å². The van der Waals surface area contributed by atoms with Crippen molar-refractivity contribution in [1.29, 1.82) is 0 Å². The van der Waals surface area contributed by atoms with Crippen LogP contribution in [0.25, 0.3) is 0 Å². The van der Waals surface area contributed by atoms with Crippen LogP contribution in [0.2, 0.25) is 0 Å². The molecule has 0 aromatic heterocycles. The Hall–Kier alpha value is -1.26. The zero-order valence-corrected chi connectivity index (χ0v) is 23.6. The maximum atomic E-state index is 11.6. The summed E-state index contributed by atoms with van der Waals surface area (Å²) in [6, 6.07) is 0. The van der Waals surface area contributed by atoms with Crippen molar-refractivity contribution in [2.24, 2.45) is 0 Å². The molecule has 0 fully saturated rings. The Balaban J connectivity index is 3.16. The molecule has 0 N–H and O–H groups in total. The van der Waals surface area contributed by atoms with E-state index in [4.69, 9.17) is 33.2 Å². The van der Waals surface area contributed by atoms with Gasteiger partial charge in [-0.1, -0.05) is 65.2 Å². The second kappa shape index (κ2) is 31.0. The van der Waals surface area contributed by atoms with Gasteiger partial charge >= 0.3 is 11.9 Å². The molecule has 0 aliphatic carbocycles. The van der Waals surface area contributed by atoms with E-state index >= 15 is 0 Å². The summed E-state index contributed by atoms with van der Waals surface area (Å²) in [7, 11) is 0. The number of carbonyl (C=O) groups excluding carboxylic acids is 2. The minimum Gasteiger partial charge on any atom is -0.463 e. The molecule has 0 unspecified atom stereocenters. The molecule has 37 heavy (non-hydrogen) atoms. The van der Waals surface area contributed by atoms with E-state index in [0.29, 0.717) is 78.9 Å². The van der Waals surface area contributed by atoms with E-state index in [9.17, 15) is 9.59 Å². The SMILES string of the molecule is CCCCCCCCC(=O)OCCOCCOCCOCCOCCOCCOC(=O)CCCCCC. The lowest BCUT2D eigenvalue weighted by molar-refractivity contribution is -0.146. The van der Waals surface area contributed by atoms with E-state index < -0.39 is 0 Å². The first-order valence-electron chi connectivity index (χ1n) is 14.4. The molecule has 220 valence electrons. The standard InChI is InChI=1S/C28H54O9/c1-3-5-7-9-10-12-14-28(30)37-26-24-35-22-20-33-18-16-31-15-17-32-19-21-34-23-25-36-27(29)13-11-8-6-4-2/h3-26H2,1-2H3. The third-order valence-electron chi connectivity index (χ3n) is 5.44. The van der Waals surface area contributed by atoms with E-state index in [1.807, 2.05) is 0 Å². The van der Waals surface area contributed by atoms with Crippen LogP contribution in [-0.2, 0) is 42.7 Å². The molecule has 0 radical (unpaired) electrons. The molecule has 0 bridgehead atoms. The van der Waals surface area contributed by atoms with Gasteiger partial charge in [-0.05, 0) is 12.8 Å². The predicted molar refractivity (Wildman–Crippen MR) is 143 cm³/mol. The Bertz CT molecular complexity index is 488. The van der Waals surface area contributed by atoms with Crippen LogP contribution >= 0.6 is 0 Å². The van der Waals surface area contributed by atoms with E-state index in [1.54, 1.807) is 0 Å². The summed E-state index contributed by atoms with van der Waals surface area (Å²) < 4.78 is 37.3. The lowest BCUT2D eigenvalue weighted by Crippen LogP contribution is -2.15. The number of hydrogen-bond donors (Lipinski definition) is 0. The largest absolute Gasteiger partial charge is 0.463 e. The van der Waals surface area contributed by atoms with Gasteiger partial charge in [-0.15, -0.1) is 0 Å². The smallest absolute Gasteiger partial charge is 0.305 e. The first kappa shape index (κ1) is 35.7. The first-order chi connectivity index (χ1) is 18.2. The maximum Gasteiger partial charge on any atom is 0.305 e. The predicted octanol–water partition coefficient (Wildman–Crippen LogP) is 4.88. The number of rotatable bonds is 30. The third-order valence-corrected chi connectivity index (χ3v) is 5.44. The molecule has 0 aliphatic rings. The zero-order valence-electron chi connectivity index (χ0n) is 23.6. The van der Waals surface area contributed by atoms with Gasteiger partial charge < -0.3 is 33.2 Å². The average Bonchev–Trinajstić information content (AvgIpc) is 2.90. The summed E-state index contributed by atoms with van der Waals surface area (Å²) >= 11 is 0. The molecule has 9 heteroatoms. The molecule has 0 spiro atoms. The van der Waals surface area contributed by atoms with Gasteiger partial charge in [0, 0.05) is 12.8 Å². The van der Waals surface area contributed by atoms with E-state index in [1.165, 1.54) is 25.7 Å². The van der Waals surface area contributed by atoms with Gasteiger partial charge in [-0.3, -0.25) is 9.59 Å². The van der Waals surface area contributed by atoms with Gasteiger partial charge in [-0.2, -0.15) is 0 Å². The number of ether oxygens (including phenoxy) is 7. The average molecular weight is 535 g/mol. The fraction of sp³-hybridized carbons (Fsp3) is 0.929. The summed E-state index contributed by atoms with van der Waals surface area (Å²) in [5.74, 6) is -0.295. The summed E-state index contributed by atoms with van der Waals surface area (Å²) in [5, 5.41) is 0. The van der Waals surface area contributed by atoms with Crippen molar-refractivity contribution in [3.8, 4) is 0 Å². The number of unbranched alkanes of at least 4 members (excludes halogenated alkanes) is 8. The summed E-state index contributed by atoms with van der Waals surface area (Å²) in [5.41, 5.74) is 0. The van der Waals surface area contributed by atoms with Crippen molar-refractivity contribution in [1.82, 2.24) is 0 Å². The highest BCUT2D eigenvalue weighted by molar-refractivity contribution is 5.69. The Morgan fingerprint density at radius 1 is 0.378 bits per heavy atom. The van der Waals surface area contributed by atoms with E-state index in [-0.39, 0.29) is 25.2 Å². The normalized spacial score (nSPS) is 11.1. The molecular formula is C28H54O9. The van der Waals surface area contributed by atoms with Crippen LogP contribution in [0, 0.1) is 0 Å². The lowest BCUT2D eigenvalue weighted by atomic mass is 10.1. The monoisotopic (exact) mass is 534 g/mol. The second-order valence-corrected chi connectivity index (χ2v) is 8.83. The van der Waals surface area contributed by atoms with Crippen molar-refractivity contribution in [2.45, 2.75) is 90.9 Å². The molecule has 9 nitrogen and oxygen atoms in total. The van der Waals surface area contributed by atoms with Gasteiger partial charge in [0.15, 0.2) is 0 Å². The number of carbonyl (C=O) groups is 2. The van der Waals surface area contributed by atoms with Crippen molar-refractivity contribution >= 4 is 11.9 Å². The van der Waals surface area contributed by atoms with Gasteiger partial charge in [0.2, 0.25) is 0 Å². The lowest BCUT2D eigenvalue weighted by Gasteiger charge is -2.08. The summed E-state index contributed by atoms with van der Waals surface area (Å²) in [6.07, 6.45) is 12.2. The Morgan fingerprint density at radius 2 is 0.649 bits per heavy atom. The minimum atomic E-state index is -0.152. The third kappa shape index (κ3) is 30.9. The van der Waals surface area contributed by atoms with Crippen molar-refractivity contribution in [3.63, 3.8) is 0 Å². The molecule has 0 aromatic carbocycles. The summed E-state index contributed by atoms with van der Waals surface area (Å²) in [6.45, 7) is 9.46. The zero-order chi connectivity index (χ0) is 27.1. The fourth-order valence-corrected chi connectivity index (χ4v) is 3.30. The molecule has 0 heterocycles. The van der Waals surface area contributed by atoms with Gasteiger partial charge in [-0.25, -0.2) is 0 Å². The maximum absolute atomic E-state index is 11.6. The Morgan fingerprint density at radius 3 is 1.00 bits per heavy atom. The van der Waals surface area contributed by atoms with Gasteiger partial charge in [0.05, 0.1) is 66.1 Å². The van der Waals surface area contributed by atoms with Crippen molar-refractivity contribution in [2.75, 3.05) is 79.3 Å². The van der Waals surface area contributed by atoms with E-state index in [2.05, 4.69) is 13.8 Å². The first-order valence-corrected chi connectivity index (χ1v) is 14.4. The summed E-state index contributed by atoms with van der Waals surface area (Å²) in [4.78, 5) is 23.1. The van der Waals surface area contributed by atoms with Crippen LogP contribution in [0.3, 0.4) is 0 Å². The molecule has 0 saturated carbocycles. The van der Waals surface area contributed by atoms with Crippen molar-refractivity contribution < 1.29 is 42.7 Å². The van der Waals surface area contributed by atoms with E-state index in [0.717, 1.165) is 38.5 Å². The molecular weight excluding hydrogens is 480 g/mol. The topological polar surface area (TPSA) is 98.8 Å². The van der Waals surface area contributed by atoms with Crippen LogP contribution < -0.4 is 0 Å². The highest BCUT2D eigenvalue weighted by atomic mass is 16.6. The molecule has 0 amide bonds. The van der Waals surface area contributed by atoms with Crippen LogP contribution in [0.15, 0.2) is 0 Å². The number of hydrogen-bond acceptors (Lipinski definition) is 9. The molecule has 0 saturated heterocycles. The fourth-order valence-electron chi connectivity index (χ4n) is 3.30. The van der Waals surface area contributed by atoms with Gasteiger partial charge in [0.1, 0.15) is 13.2 Å². The van der Waals surface area contributed by atoms with Crippen LogP contribution in [0.4, 0.5) is 0 Å². The molecule has 0 aliphatic heterocycles. The molecule has 0 atom stereocenters. The minimum absolute atomic E-state index is 0.143. The Labute approximate surface area is 225 Å². The second-order valence-electron chi connectivity index (χ2n) is 8.83.